The van der Waals surface area contributed by atoms with E-state index in [2.05, 4.69) is 12.2 Å². The summed E-state index contributed by atoms with van der Waals surface area (Å²) in [4.78, 5) is 11.9. The predicted molar refractivity (Wildman–Crippen MR) is 79.4 cm³/mol. The van der Waals surface area contributed by atoms with Crippen molar-refractivity contribution in [3.63, 3.8) is 0 Å². The Kier molecular flexibility index (Phi) is 5.41. The van der Waals surface area contributed by atoms with Gasteiger partial charge >= 0.3 is 0 Å². The zero-order chi connectivity index (χ0) is 14.4. The second-order valence-corrected chi connectivity index (χ2v) is 5.62. The Balaban J connectivity index is 1.77. The zero-order valence-corrected chi connectivity index (χ0v) is 12.1. The first-order valence-corrected chi connectivity index (χ1v) is 7.39. The Morgan fingerprint density at radius 1 is 1.30 bits per heavy atom. The molecule has 1 amide bonds. The second-order valence-electron chi connectivity index (χ2n) is 5.62. The van der Waals surface area contributed by atoms with E-state index in [0.717, 1.165) is 24.3 Å². The van der Waals surface area contributed by atoms with Crippen LogP contribution in [-0.2, 0) is 11.3 Å². The lowest BCUT2D eigenvalue weighted by Gasteiger charge is -2.26. The highest BCUT2D eigenvalue weighted by Gasteiger charge is 2.19. The van der Waals surface area contributed by atoms with Crippen LogP contribution >= 0.6 is 0 Å². The number of carbonyl (C=O) groups is 1. The van der Waals surface area contributed by atoms with Crippen molar-refractivity contribution in [1.29, 1.82) is 0 Å². The molecule has 0 aliphatic heterocycles. The van der Waals surface area contributed by atoms with Gasteiger partial charge in [-0.05, 0) is 37.7 Å². The largest absolute Gasteiger partial charge is 0.483 e. The van der Waals surface area contributed by atoms with Crippen LogP contribution in [0, 0.1) is 5.92 Å². The number of hydrogen-bond donors (Lipinski definition) is 2. The fourth-order valence-electron chi connectivity index (χ4n) is 2.63. The predicted octanol–water partition coefficient (Wildman–Crippen LogP) is 2.22. The standard InChI is InChI=1S/C16H24N2O2/c1-12-6-8-14(9-7-12)18-16(19)11-20-15-5-3-2-4-13(15)10-17/h2-5,12,14H,6-11,17H2,1H3,(H,18,19). The van der Waals surface area contributed by atoms with E-state index in [4.69, 9.17) is 10.5 Å². The monoisotopic (exact) mass is 276 g/mol. The highest BCUT2D eigenvalue weighted by atomic mass is 16.5. The van der Waals surface area contributed by atoms with Gasteiger partial charge in [-0.2, -0.15) is 0 Å². The number of carbonyl (C=O) groups excluding carboxylic acids is 1. The van der Waals surface area contributed by atoms with Crippen molar-refractivity contribution in [3.05, 3.63) is 29.8 Å². The van der Waals surface area contributed by atoms with E-state index in [1.807, 2.05) is 24.3 Å². The van der Waals surface area contributed by atoms with Crippen molar-refractivity contribution in [2.24, 2.45) is 11.7 Å². The molecule has 0 unspecified atom stereocenters. The zero-order valence-electron chi connectivity index (χ0n) is 12.1. The molecular weight excluding hydrogens is 252 g/mol. The van der Waals surface area contributed by atoms with Gasteiger partial charge in [-0.15, -0.1) is 0 Å². The summed E-state index contributed by atoms with van der Waals surface area (Å²) in [5.41, 5.74) is 6.56. The van der Waals surface area contributed by atoms with Crippen molar-refractivity contribution >= 4 is 5.91 Å². The smallest absolute Gasteiger partial charge is 0.258 e. The Bertz CT molecular complexity index is 440. The second kappa shape index (κ2) is 7.29. The molecule has 0 heterocycles. The minimum atomic E-state index is -0.0450. The summed E-state index contributed by atoms with van der Waals surface area (Å²) < 4.78 is 5.56. The van der Waals surface area contributed by atoms with Crippen LogP contribution in [-0.4, -0.2) is 18.6 Å². The molecule has 1 fully saturated rings. The summed E-state index contributed by atoms with van der Waals surface area (Å²) in [5, 5.41) is 3.05. The maximum absolute atomic E-state index is 11.9. The van der Waals surface area contributed by atoms with Crippen molar-refractivity contribution in [3.8, 4) is 5.75 Å². The molecule has 1 aliphatic carbocycles. The van der Waals surface area contributed by atoms with Gasteiger partial charge in [0.2, 0.25) is 0 Å². The number of benzene rings is 1. The number of para-hydroxylation sites is 1. The van der Waals surface area contributed by atoms with Gasteiger partial charge in [0.05, 0.1) is 0 Å². The minimum absolute atomic E-state index is 0.0450. The molecule has 1 aromatic carbocycles. The molecule has 1 aliphatic rings. The summed E-state index contributed by atoms with van der Waals surface area (Å²) >= 11 is 0. The SMILES string of the molecule is CC1CCC(NC(=O)COc2ccccc2CN)CC1. The molecule has 1 aromatic rings. The van der Waals surface area contributed by atoms with Crippen LogP contribution in [0.2, 0.25) is 0 Å². The van der Waals surface area contributed by atoms with Gasteiger partial charge < -0.3 is 15.8 Å². The van der Waals surface area contributed by atoms with Gasteiger partial charge in [0.1, 0.15) is 5.75 Å². The van der Waals surface area contributed by atoms with Gasteiger partial charge in [0.25, 0.3) is 5.91 Å². The molecule has 0 atom stereocenters. The van der Waals surface area contributed by atoms with Crippen LogP contribution in [0.5, 0.6) is 5.75 Å². The van der Waals surface area contributed by atoms with Crippen LogP contribution < -0.4 is 15.8 Å². The van der Waals surface area contributed by atoms with E-state index in [0.29, 0.717) is 18.3 Å². The van der Waals surface area contributed by atoms with E-state index in [1.54, 1.807) is 0 Å². The molecule has 0 radical (unpaired) electrons. The summed E-state index contributed by atoms with van der Waals surface area (Å²) in [5.74, 6) is 1.44. The maximum atomic E-state index is 11.9. The highest BCUT2D eigenvalue weighted by molar-refractivity contribution is 5.77. The fourth-order valence-corrected chi connectivity index (χ4v) is 2.63. The van der Waals surface area contributed by atoms with Gasteiger partial charge in [0, 0.05) is 18.2 Å². The molecule has 20 heavy (non-hydrogen) atoms. The average molecular weight is 276 g/mol. The lowest BCUT2D eigenvalue weighted by atomic mass is 9.87. The third kappa shape index (κ3) is 4.23. The van der Waals surface area contributed by atoms with Crippen molar-refractivity contribution in [1.82, 2.24) is 5.32 Å². The summed E-state index contributed by atoms with van der Waals surface area (Å²) in [6.07, 6.45) is 4.54. The summed E-state index contributed by atoms with van der Waals surface area (Å²) in [6, 6.07) is 7.87. The van der Waals surface area contributed by atoms with Crippen LogP contribution in [0.15, 0.2) is 24.3 Å². The summed E-state index contributed by atoms with van der Waals surface area (Å²) in [7, 11) is 0. The number of nitrogens with one attached hydrogen (secondary N) is 1. The topological polar surface area (TPSA) is 64.3 Å². The first-order chi connectivity index (χ1) is 9.69. The van der Waals surface area contributed by atoms with E-state index in [9.17, 15) is 4.79 Å². The Morgan fingerprint density at radius 2 is 2.00 bits per heavy atom. The van der Waals surface area contributed by atoms with Crippen LogP contribution in [0.3, 0.4) is 0 Å². The summed E-state index contributed by atoms with van der Waals surface area (Å²) in [6.45, 7) is 2.74. The molecule has 0 saturated heterocycles. The van der Waals surface area contributed by atoms with Gasteiger partial charge in [-0.1, -0.05) is 25.1 Å². The fraction of sp³-hybridized carbons (Fsp3) is 0.562. The van der Waals surface area contributed by atoms with E-state index in [-0.39, 0.29) is 12.5 Å². The van der Waals surface area contributed by atoms with Crippen molar-refractivity contribution in [2.75, 3.05) is 6.61 Å². The molecule has 1 saturated carbocycles. The van der Waals surface area contributed by atoms with Crippen LogP contribution in [0.4, 0.5) is 0 Å². The van der Waals surface area contributed by atoms with E-state index in [1.165, 1.54) is 12.8 Å². The number of hydrogen-bond acceptors (Lipinski definition) is 3. The van der Waals surface area contributed by atoms with Crippen molar-refractivity contribution in [2.45, 2.75) is 45.2 Å². The third-order valence-electron chi connectivity index (χ3n) is 3.93. The Labute approximate surface area is 120 Å². The number of amides is 1. The quantitative estimate of drug-likeness (QED) is 0.866. The highest BCUT2D eigenvalue weighted by Crippen LogP contribution is 2.23. The molecule has 3 N–H and O–H groups in total. The van der Waals surface area contributed by atoms with E-state index < -0.39 is 0 Å². The first kappa shape index (κ1) is 14.9. The van der Waals surface area contributed by atoms with Gasteiger partial charge in [-0.3, -0.25) is 4.79 Å². The van der Waals surface area contributed by atoms with Crippen LogP contribution in [0.1, 0.15) is 38.2 Å². The normalized spacial score (nSPS) is 22.3. The van der Waals surface area contributed by atoms with Crippen molar-refractivity contribution < 1.29 is 9.53 Å². The van der Waals surface area contributed by atoms with Gasteiger partial charge in [-0.25, -0.2) is 0 Å². The first-order valence-electron chi connectivity index (χ1n) is 7.39. The Hall–Kier alpha value is -1.55. The van der Waals surface area contributed by atoms with E-state index >= 15 is 0 Å². The maximum Gasteiger partial charge on any atom is 0.258 e. The molecular formula is C16H24N2O2. The van der Waals surface area contributed by atoms with Crippen LogP contribution in [0.25, 0.3) is 0 Å². The molecule has 2 rings (SSSR count). The molecule has 0 aromatic heterocycles. The molecule has 4 heteroatoms. The lowest BCUT2D eigenvalue weighted by molar-refractivity contribution is -0.124. The third-order valence-corrected chi connectivity index (χ3v) is 3.93. The lowest BCUT2D eigenvalue weighted by Crippen LogP contribution is -2.39. The van der Waals surface area contributed by atoms with Gasteiger partial charge in [0.15, 0.2) is 6.61 Å². The molecule has 4 nitrogen and oxygen atoms in total. The minimum Gasteiger partial charge on any atom is -0.483 e. The molecule has 110 valence electrons. The molecule has 0 spiro atoms. The Morgan fingerprint density at radius 3 is 2.70 bits per heavy atom. The molecule has 0 bridgehead atoms. The number of ether oxygens (including phenoxy) is 1. The number of nitrogens with two attached hydrogens (primary N) is 1. The number of rotatable bonds is 5. The average Bonchev–Trinajstić information content (AvgIpc) is 2.48.